The zero-order chi connectivity index (χ0) is 14.8. The number of hydrogen-bond donors (Lipinski definition) is 0. The average Bonchev–Trinajstić information content (AvgIpc) is 3.05. The quantitative estimate of drug-likeness (QED) is 0.723. The molecule has 0 aliphatic heterocycles. The van der Waals surface area contributed by atoms with Crippen LogP contribution >= 0.6 is 15.9 Å². The predicted octanol–water partition coefficient (Wildman–Crippen LogP) is 3.39. The molecule has 5 nitrogen and oxygen atoms in total. The summed E-state index contributed by atoms with van der Waals surface area (Å²) in [5, 5.41) is 8.24. The van der Waals surface area contributed by atoms with Crippen molar-refractivity contribution in [3.05, 3.63) is 52.3 Å². The van der Waals surface area contributed by atoms with Crippen molar-refractivity contribution in [2.75, 3.05) is 0 Å². The Bertz CT molecular complexity index is 731. The van der Waals surface area contributed by atoms with Crippen LogP contribution in [0.25, 0.3) is 11.4 Å². The standard InChI is InChI=1S/C14H12BrFN4O/c1-9-12(15)8-20(18-9)7-6-13-17-14(19-21-13)10-2-4-11(16)5-3-10/h2-5,8H,6-7H2,1H3. The summed E-state index contributed by atoms with van der Waals surface area (Å²) in [6, 6.07) is 5.99. The predicted molar refractivity (Wildman–Crippen MR) is 78.1 cm³/mol. The molecule has 2 aromatic heterocycles. The van der Waals surface area contributed by atoms with Gasteiger partial charge in [-0.05, 0) is 47.1 Å². The number of aromatic nitrogens is 4. The van der Waals surface area contributed by atoms with Crippen molar-refractivity contribution in [3.63, 3.8) is 0 Å². The van der Waals surface area contributed by atoms with E-state index in [-0.39, 0.29) is 5.82 Å². The van der Waals surface area contributed by atoms with Gasteiger partial charge in [0, 0.05) is 24.7 Å². The number of rotatable bonds is 4. The van der Waals surface area contributed by atoms with E-state index in [1.165, 1.54) is 12.1 Å². The Hall–Kier alpha value is -2.02. The highest BCUT2D eigenvalue weighted by Crippen LogP contribution is 2.17. The van der Waals surface area contributed by atoms with Crippen LogP contribution in [0.5, 0.6) is 0 Å². The first-order valence-electron chi connectivity index (χ1n) is 6.40. The number of halogens is 2. The molecule has 2 heterocycles. The molecule has 0 amide bonds. The second kappa shape index (κ2) is 5.77. The molecule has 0 bridgehead atoms. The van der Waals surface area contributed by atoms with Gasteiger partial charge in [0.1, 0.15) is 5.82 Å². The number of aryl methyl sites for hydroxylation is 3. The molecule has 0 fully saturated rings. The SMILES string of the molecule is Cc1nn(CCc2nc(-c3ccc(F)cc3)no2)cc1Br. The van der Waals surface area contributed by atoms with Gasteiger partial charge in [0.15, 0.2) is 0 Å². The fourth-order valence-electron chi connectivity index (χ4n) is 1.89. The van der Waals surface area contributed by atoms with E-state index in [9.17, 15) is 4.39 Å². The molecule has 0 unspecified atom stereocenters. The third kappa shape index (κ3) is 3.18. The van der Waals surface area contributed by atoms with Crippen molar-refractivity contribution < 1.29 is 8.91 Å². The molecule has 7 heteroatoms. The van der Waals surface area contributed by atoms with Crippen molar-refractivity contribution in [3.8, 4) is 11.4 Å². The minimum absolute atomic E-state index is 0.290. The molecule has 0 aliphatic carbocycles. The van der Waals surface area contributed by atoms with Crippen molar-refractivity contribution in [2.45, 2.75) is 19.9 Å². The highest BCUT2D eigenvalue weighted by molar-refractivity contribution is 9.10. The van der Waals surface area contributed by atoms with E-state index in [2.05, 4.69) is 31.2 Å². The Morgan fingerprint density at radius 1 is 1.29 bits per heavy atom. The first-order chi connectivity index (χ1) is 10.1. The minimum atomic E-state index is -0.290. The molecule has 0 saturated heterocycles. The van der Waals surface area contributed by atoms with Crippen molar-refractivity contribution in [2.24, 2.45) is 0 Å². The van der Waals surface area contributed by atoms with Gasteiger partial charge in [0.25, 0.3) is 0 Å². The van der Waals surface area contributed by atoms with Gasteiger partial charge in [0.2, 0.25) is 11.7 Å². The summed E-state index contributed by atoms with van der Waals surface area (Å²) in [7, 11) is 0. The summed E-state index contributed by atoms with van der Waals surface area (Å²) < 4.78 is 20.9. The van der Waals surface area contributed by atoms with Crippen LogP contribution < -0.4 is 0 Å². The normalized spacial score (nSPS) is 11.0. The van der Waals surface area contributed by atoms with Crippen LogP contribution in [0.1, 0.15) is 11.6 Å². The first kappa shape index (κ1) is 13.9. The highest BCUT2D eigenvalue weighted by Gasteiger charge is 2.09. The Balaban J connectivity index is 1.69. The lowest BCUT2D eigenvalue weighted by atomic mass is 10.2. The number of hydrogen-bond acceptors (Lipinski definition) is 4. The fraction of sp³-hybridized carbons (Fsp3) is 0.214. The monoisotopic (exact) mass is 350 g/mol. The Morgan fingerprint density at radius 3 is 2.71 bits per heavy atom. The average molecular weight is 351 g/mol. The van der Waals surface area contributed by atoms with Crippen molar-refractivity contribution >= 4 is 15.9 Å². The van der Waals surface area contributed by atoms with Crippen LogP contribution in [0.3, 0.4) is 0 Å². The molecule has 1 aromatic carbocycles. The summed E-state index contributed by atoms with van der Waals surface area (Å²) >= 11 is 3.42. The lowest BCUT2D eigenvalue weighted by molar-refractivity contribution is 0.369. The van der Waals surface area contributed by atoms with Crippen LogP contribution in [-0.4, -0.2) is 19.9 Å². The Morgan fingerprint density at radius 2 is 2.05 bits per heavy atom. The van der Waals surface area contributed by atoms with Gasteiger partial charge in [-0.1, -0.05) is 5.16 Å². The molecule has 0 aliphatic rings. The third-order valence-electron chi connectivity index (χ3n) is 3.01. The van der Waals surface area contributed by atoms with Gasteiger partial charge in [-0.3, -0.25) is 4.68 Å². The van der Waals surface area contributed by atoms with E-state index < -0.39 is 0 Å². The summed E-state index contributed by atoms with van der Waals surface area (Å²) in [4.78, 5) is 4.30. The second-order valence-corrected chi connectivity index (χ2v) is 5.45. The molecule has 3 rings (SSSR count). The second-order valence-electron chi connectivity index (χ2n) is 4.59. The first-order valence-corrected chi connectivity index (χ1v) is 7.19. The smallest absolute Gasteiger partial charge is 0.228 e. The van der Waals surface area contributed by atoms with Gasteiger partial charge >= 0.3 is 0 Å². The van der Waals surface area contributed by atoms with Gasteiger partial charge in [-0.15, -0.1) is 0 Å². The van der Waals surface area contributed by atoms with Crippen LogP contribution in [0.4, 0.5) is 4.39 Å². The van der Waals surface area contributed by atoms with Gasteiger partial charge in [-0.2, -0.15) is 10.1 Å². The van der Waals surface area contributed by atoms with Crippen LogP contribution in [0.15, 0.2) is 39.5 Å². The van der Waals surface area contributed by atoms with Gasteiger partial charge in [-0.25, -0.2) is 4.39 Å². The summed E-state index contributed by atoms with van der Waals surface area (Å²) in [6.45, 7) is 2.58. The van der Waals surface area contributed by atoms with Crippen molar-refractivity contribution in [1.29, 1.82) is 0 Å². The Labute approximate surface area is 128 Å². The van der Waals surface area contributed by atoms with E-state index in [0.29, 0.717) is 24.7 Å². The summed E-state index contributed by atoms with van der Waals surface area (Å²) in [5.74, 6) is 0.698. The van der Waals surface area contributed by atoms with E-state index in [1.807, 2.05) is 17.8 Å². The number of benzene rings is 1. The Kier molecular flexibility index (Phi) is 3.83. The zero-order valence-corrected chi connectivity index (χ0v) is 12.8. The maximum absolute atomic E-state index is 12.9. The molecule has 0 radical (unpaired) electrons. The van der Waals surface area contributed by atoms with E-state index in [4.69, 9.17) is 4.52 Å². The molecule has 0 N–H and O–H groups in total. The molecule has 108 valence electrons. The molecular formula is C14H12BrFN4O. The highest BCUT2D eigenvalue weighted by atomic mass is 79.9. The maximum atomic E-state index is 12.9. The third-order valence-corrected chi connectivity index (χ3v) is 3.79. The van der Waals surface area contributed by atoms with Crippen LogP contribution in [0, 0.1) is 12.7 Å². The van der Waals surface area contributed by atoms with E-state index in [0.717, 1.165) is 15.7 Å². The summed E-state index contributed by atoms with van der Waals surface area (Å²) in [5.41, 5.74) is 1.66. The fourth-order valence-corrected chi connectivity index (χ4v) is 2.21. The number of nitrogens with zero attached hydrogens (tertiary/aromatic N) is 4. The molecule has 0 saturated carbocycles. The van der Waals surface area contributed by atoms with Gasteiger partial charge in [0.05, 0.1) is 10.2 Å². The van der Waals surface area contributed by atoms with E-state index in [1.54, 1.807) is 12.1 Å². The molecule has 0 atom stereocenters. The van der Waals surface area contributed by atoms with Crippen LogP contribution in [-0.2, 0) is 13.0 Å². The van der Waals surface area contributed by atoms with Crippen molar-refractivity contribution in [1.82, 2.24) is 19.9 Å². The lowest BCUT2D eigenvalue weighted by Crippen LogP contribution is -2.02. The molecular weight excluding hydrogens is 339 g/mol. The lowest BCUT2D eigenvalue weighted by Gasteiger charge is -1.96. The molecule has 0 spiro atoms. The van der Waals surface area contributed by atoms with Gasteiger partial charge < -0.3 is 4.52 Å². The molecule has 21 heavy (non-hydrogen) atoms. The minimum Gasteiger partial charge on any atom is -0.339 e. The topological polar surface area (TPSA) is 56.7 Å². The maximum Gasteiger partial charge on any atom is 0.228 e. The molecule has 3 aromatic rings. The largest absolute Gasteiger partial charge is 0.339 e. The van der Waals surface area contributed by atoms with Crippen LogP contribution in [0.2, 0.25) is 0 Å². The summed E-state index contributed by atoms with van der Waals surface area (Å²) in [6.07, 6.45) is 2.49. The zero-order valence-electron chi connectivity index (χ0n) is 11.3. The van der Waals surface area contributed by atoms with E-state index >= 15 is 0 Å².